The van der Waals surface area contributed by atoms with Gasteiger partial charge >= 0.3 is 11.8 Å². The van der Waals surface area contributed by atoms with Gasteiger partial charge in [0.15, 0.2) is 0 Å². The topological polar surface area (TPSA) is 96.2 Å². The summed E-state index contributed by atoms with van der Waals surface area (Å²) in [5.74, 6) is -6.26. The van der Waals surface area contributed by atoms with Crippen LogP contribution in [0.1, 0.15) is 39.0 Å². The fourth-order valence-corrected chi connectivity index (χ4v) is 3.62. The van der Waals surface area contributed by atoms with Crippen molar-refractivity contribution in [2.45, 2.75) is 50.6 Å². The van der Waals surface area contributed by atoms with Crippen LogP contribution in [0.15, 0.2) is 60.4 Å². The maximum absolute atomic E-state index is 11.9. The number of hydrogen-bond donors (Lipinski definition) is 3. The summed E-state index contributed by atoms with van der Waals surface area (Å²) >= 11 is 0. The zero-order chi connectivity index (χ0) is 21.3. The largest absolute Gasteiger partial charge is 0.476 e. The molecule has 158 valence electrons. The summed E-state index contributed by atoms with van der Waals surface area (Å²) in [6.45, 7) is 2.10. The van der Waals surface area contributed by atoms with E-state index in [-0.39, 0.29) is 5.75 Å². The molecule has 6 heteroatoms. The Balaban J connectivity index is 2.17. The number of rotatable bonds is 10. The highest BCUT2D eigenvalue weighted by Gasteiger charge is 2.59. The van der Waals surface area contributed by atoms with E-state index in [1.165, 1.54) is 18.6 Å². The van der Waals surface area contributed by atoms with Gasteiger partial charge in [0, 0.05) is 13.2 Å². The van der Waals surface area contributed by atoms with Crippen molar-refractivity contribution < 1.29 is 29.6 Å². The van der Waals surface area contributed by atoms with Crippen LogP contribution in [0, 0.1) is 11.8 Å². The monoisotopic (exact) mass is 402 g/mol. The van der Waals surface area contributed by atoms with Gasteiger partial charge in [-0.25, -0.2) is 4.79 Å². The Labute approximate surface area is 171 Å². The molecule has 0 saturated heterocycles. The Morgan fingerprint density at radius 1 is 1.28 bits per heavy atom. The lowest BCUT2D eigenvalue weighted by molar-refractivity contribution is -0.318. The second kappa shape index (κ2) is 10.4. The molecule has 1 aliphatic carbocycles. The highest BCUT2D eigenvalue weighted by molar-refractivity contribution is 5.78. The summed E-state index contributed by atoms with van der Waals surface area (Å²) in [7, 11) is 1.04. The van der Waals surface area contributed by atoms with Crippen LogP contribution >= 0.6 is 0 Å². The molecule has 0 heterocycles. The number of carboxylic acids is 1. The third-order valence-electron chi connectivity index (χ3n) is 5.22. The second-order valence-corrected chi connectivity index (χ2v) is 7.21. The first kappa shape index (κ1) is 22.9. The lowest BCUT2D eigenvalue weighted by Crippen LogP contribution is -2.63. The minimum Gasteiger partial charge on any atom is -0.476 e. The highest BCUT2D eigenvalue weighted by Crippen LogP contribution is 2.35. The van der Waals surface area contributed by atoms with E-state index < -0.39 is 17.5 Å². The van der Waals surface area contributed by atoms with Crippen molar-refractivity contribution in [3.63, 3.8) is 0 Å². The number of allylic oxidation sites excluding steroid dienone is 2. The molecule has 3 N–H and O–H groups in total. The maximum atomic E-state index is 11.9. The molecular formula is C23H30O6. The van der Waals surface area contributed by atoms with Crippen LogP contribution < -0.4 is 4.74 Å². The van der Waals surface area contributed by atoms with Gasteiger partial charge in [-0.15, -0.1) is 5.73 Å². The van der Waals surface area contributed by atoms with Crippen molar-refractivity contribution in [1.82, 2.24) is 0 Å². The molecular weight excluding hydrogens is 372 g/mol. The van der Waals surface area contributed by atoms with Crippen LogP contribution in [0.25, 0.3) is 0 Å². The average Bonchev–Trinajstić information content (AvgIpc) is 3.15. The standard InChI is InChI=1S/C23H30O6/c1-3-4-11-18-13-10-14-19(18)12-8-9-17-22(26,27)23(28-2,21(24)25)29-20-15-6-5-7-16-20/h4-8,11,15-19,26-27H,3,10,12-14H2,1-2H3,(H,24,25)/b11-4+/t9?,18-,19-,23?/m0/s1/i26+0,27+0. The fourth-order valence-electron chi connectivity index (χ4n) is 3.62. The predicted molar refractivity (Wildman–Crippen MR) is 109 cm³/mol. The molecule has 0 aromatic heterocycles. The third-order valence-corrected chi connectivity index (χ3v) is 5.22. The molecule has 1 saturated carbocycles. The Bertz CT molecular complexity index is 748. The number of aliphatic hydroxyl groups is 2. The average molecular weight is 402 g/mol. The van der Waals surface area contributed by atoms with E-state index >= 15 is 0 Å². The molecule has 0 amide bonds. The summed E-state index contributed by atoms with van der Waals surface area (Å²) in [6.07, 6.45) is 12.1. The van der Waals surface area contributed by atoms with Gasteiger partial charge < -0.3 is 24.8 Å². The van der Waals surface area contributed by atoms with Crippen molar-refractivity contribution in [3.05, 3.63) is 60.4 Å². The Morgan fingerprint density at radius 2 is 2.00 bits per heavy atom. The van der Waals surface area contributed by atoms with E-state index in [9.17, 15) is 20.1 Å². The predicted octanol–water partition coefficient (Wildman–Crippen LogP) is 3.66. The molecule has 3 atom stereocenters. The molecule has 1 aromatic carbocycles. The van der Waals surface area contributed by atoms with E-state index in [4.69, 9.17) is 9.47 Å². The van der Waals surface area contributed by atoms with Crippen molar-refractivity contribution in [3.8, 4) is 5.75 Å². The first-order valence-corrected chi connectivity index (χ1v) is 9.92. The number of hydrogen-bond acceptors (Lipinski definition) is 5. The first-order valence-electron chi connectivity index (χ1n) is 9.92. The lowest BCUT2D eigenvalue weighted by atomic mass is 9.92. The summed E-state index contributed by atoms with van der Waals surface area (Å²) < 4.78 is 10.3. The van der Waals surface area contributed by atoms with Crippen LogP contribution in [0.5, 0.6) is 5.75 Å². The minimum absolute atomic E-state index is 0.123. The summed E-state index contributed by atoms with van der Waals surface area (Å²) in [4.78, 5) is 11.9. The van der Waals surface area contributed by atoms with Gasteiger partial charge in [-0.1, -0.05) is 43.7 Å². The number of benzene rings is 1. The van der Waals surface area contributed by atoms with E-state index in [0.29, 0.717) is 11.8 Å². The van der Waals surface area contributed by atoms with Gasteiger partial charge in [0.2, 0.25) is 0 Å². The molecule has 6 nitrogen and oxygen atoms in total. The molecule has 0 aliphatic heterocycles. The summed E-state index contributed by atoms with van der Waals surface area (Å²) in [5, 5.41) is 30.6. The maximum Gasteiger partial charge on any atom is 0.383 e. The Morgan fingerprint density at radius 3 is 2.62 bits per heavy atom. The first-order chi connectivity index (χ1) is 13.9. The molecule has 0 spiro atoms. The van der Waals surface area contributed by atoms with Crippen molar-refractivity contribution in [2.75, 3.05) is 7.11 Å². The van der Waals surface area contributed by atoms with Crippen LogP contribution in [0.3, 0.4) is 0 Å². The molecule has 0 radical (unpaired) electrons. The highest BCUT2D eigenvalue weighted by atomic mass is 16.7. The van der Waals surface area contributed by atoms with E-state index in [0.717, 1.165) is 38.9 Å². The second-order valence-electron chi connectivity index (χ2n) is 7.21. The third kappa shape index (κ3) is 5.58. The number of para-hydroxylation sites is 1. The van der Waals surface area contributed by atoms with E-state index in [1.807, 2.05) is 0 Å². The molecule has 0 bridgehead atoms. The molecule has 2 rings (SSSR count). The fraction of sp³-hybridized carbons (Fsp3) is 0.478. The molecule has 1 fully saturated rings. The number of carboxylic acid groups (broad SMARTS) is 1. The van der Waals surface area contributed by atoms with Crippen LogP contribution in [0.2, 0.25) is 0 Å². The molecule has 1 aliphatic rings. The molecule has 1 aromatic rings. The van der Waals surface area contributed by atoms with Gasteiger partial charge in [-0.3, -0.25) is 0 Å². The van der Waals surface area contributed by atoms with Crippen molar-refractivity contribution in [2.24, 2.45) is 11.8 Å². The smallest absolute Gasteiger partial charge is 0.383 e. The zero-order valence-electron chi connectivity index (χ0n) is 17.0. The Kier molecular flexibility index (Phi) is 8.23. The van der Waals surface area contributed by atoms with Gasteiger partial charge in [-0.2, -0.15) is 0 Å². The summed E-state index contributed by atoms with van der Waals surface area (Å²) in [6, 6.07) is 7.98. The Hall–Kier alpha value is -2.37. The number of methoxy groups -OCH3 is 1. The van der Waals surface area contributed by atoms with Gasteiger partial charge in [0.1, 0.15) is 5.75 Å². The van der Waals surface area contributed by atoms with Crippen LogP contribution in [-0.4, -0.2) is 40.0 Å². The minimum atomic E-state index is -2.95. The number of aliphatic carboxylic acids is 1. The van der Waals surface area contributed by atoms with Crippen LogP contribution in [0.4, 0.5) is 0 Å². The molecule has 29 heavy (non-hydrogen) atoms. The molecule has 1 unspecified atom stereocenters. The summed E-state index contributed by atoms with van der Waals surface area (Å²) in [5.41, 5.74) is 2.71. The van der Waals surface area contributed by atoms with Gasteiger partial charge in [0.25, 0.3) is 5.79 Å². The number of ether oxygens (including phenoxy) is 2. The number of carbonyl (C=O) groups is 1. The quantitative estimate of drug-likeness (QED) is 0.314. The van der Waals surface area contributed by atoms with E-state index in [2.05, 4.69) is 24.8 Å². The van der Waals surface area contributed by atoms with E-state index in [1.54, 1.807) is 24.3 Å². The SMILES string of the molecule is CC/C=C/[C@H]1CCC[C@@H]1CC=C=CC([16OH])([16OH])C(OC)(Oc1ccccc1)C(=O)O. The van der Waals surface area contributed by atoms with Crippen molar-refractivity contribution in [1.29, 1.82) is 0 Å². The van der Waals surface area contributed by atoms with Crippen LogP contribution in [-0.2, 0) is 9.53 Å². The normalized spacial score (nSPS) is 21.4. The zero-order valence-corrected chi connectivity index (χ0v) is 17.0. The lowest BCUT2D eigenvalue weighted by Gasteiger charge is -2.36. The van der Waals surface area contributed by atoms with Gasteiger partial charge in [-0.05, 0) is 55.7 Å². The van der Waals surface area contributed by atoms with Crippen molar-refractivity contribution >= 4 is 5.97 Å². The van der Waals surface area contributed by atoms with Gasteiger partial charge in [0.05, 0.1) is 0 Å².